The van der Waals surface area contributed by atoms with Gasteiger partial charge in [0.05, 0.1) is 23.9 Å². The van der Waals surface area contributed by atoms with Gasteiger partial charge in [-0.15, -0.1) is 5.73 Å². The number of aliphatic hydroxyl groups is 3. The Hall–Kier alpha value is -3.32. The minimum absolute atomic E-state index is 0.0686. The Morgan fingerprint density at radius 2 is 1.45 bits per heavy atom. The minimum atomic E-state index is -1.19. The lowest BCUT2D eigenvalue weighted by Gasteiger charge is -2.44. The number of rotatable bonds is 12. The average molecular weight is 675 g/mol. The number of allylic oxidation sites excluding steroid dienone is 13. The fraction of sp³-hybridized carbons (Fsp3) is 0.548. The number of hydrogen-bond acceptors (Lipinski definition) is 7. The second-order valence-corrected chi connectivity index (χ2v) is 15.8. The molecule has 0 aromatic carbocycles. The summed E-state index contributed by atoms with van der Waals surface area (Å²) in [5.41, 5.74) is 4.47. The van der Waals surface area contributed by atoms with Gasteiger partial charge < -0.3 is 24.8 Å². The highest BCUT2D eigenvalue weighted by molar-refractivity contribution is 5.96. The molecule has 0 spiro atoms. The van der Waals surface area contributed by atoms with E-state index >= 15 is 0 Å². The van der Waals surface area contributed by atoms with E-state index in [1.165, 1.54) is 6.92 Å². The molecule has 3 aliphatic rings. The van der Waals surface area contributed by atoms with E-state index in [0.29, 0.717) is 48.8 Å². The van der Waals surface area contributed by atoms with E-state index in [1.807, 2.05) is 102 Å². The van der Waals surface area contributed by atoms with Crippen molar-refractivity contribution in [2.24, 2.45) is 10.8 Å². The van der Waals surface area contributed by atoms with E-state index in [0.717, 1.165) is 11.1 Å². The lowest BCUT2D eigenvalue weighted by atomic mass is 9.61. The molecule has 1 saturated heterocycles. The highest BCUT2D eigenvalue weighted by Crippen LogP contribution is 2.67. The maximum absolute atomic E-state index is 13.1. The molecule has 5 atom stereocenters. The lowest BCUT2D eigenvalue weighted by molar-refractivity contribution is -0.152. The Balaban J connectivity index is 1.57. The van der Waals surface area contributed by atoms with Crippen molar-refractivity contribution in [2.75, 3.05) is 6.61 Å². The molecule has 2 aliphatic carbocycles. The first-order valence-corrected chi connectivity index (χ1v) is 17.3. The monoisotopic (exact) mass is 674 g/mol. The summed E-state index contributed by atoms with van der Waals surface area (Å²) in [5, 5.41) is 31.3. The van der Waals surface area contributed by atoms with Crippen LogP contribution >= 0.6 is 0 Å². The minimum Gasteiger partial charge on any atom is -0.462 e. The summed E-state index contributed by atoms with van der Waals surface area (Å²) in [6.45, 7) is 18.9. The molecule has 0 radical (unpaired) electrons. The average Bonchev–Trinajstić information content (AvgIpc) is 3.57. The number of carbonyl (C=O) groups excluding carboxylic acids is 2. The number of ether oxygens (including phenoxy) is 2. The van der Waals surface area contributed by atoms with Crippen LogP contribution in [0.4, 0.5) is 0 Å². The van der Waals surface area contributed by atoms with Gasteiger partial charge >= 0.3 is 5.97 Å². The van der Waals surface area contributed by atoms with Gasteiger partial charge in [-0.2, -0.15) is 0 Å². The van der Waals surface area contributed by atoms with Crippen LogP contribution in [-0.4, -0.2) is 62.7 Å². The van der Waals surface area contributed by atoms with E-state index in [9.17, 15) is 24.9 Å². The highest BCUT2D eigenvalue weighted by atomic mass is 16.6. The van der Waals surface area contributed by atoms with Crippen LogP contribution in [0.5, 0.6) is 0 Å². The second-order valence-electron chi connectivity index (χ2n) is 15.8. The molecule has 0 unspecified atom stereocenters. The lowest BCUT2D eigenvalue weighted by Crippen LogP contribution is -2.48. The van der Waals surface area contributed by atoms with Crippen molar-refractivity contribution in [3.8, 4) is 0 Å². The number of carbonyl (C=O) groups is 2. The highest BCUT2D eigenvalue weighted by Gasteiger charge is 2.76. The third-order valence-corrected chi connectivity index (χ3v) is 10.2. The first-order chi connectivity index (χ1) is 22.7. The summed E-state index contributed by atoms with van der Waals surface area (Å²) in [5.74, 6) is -0.288. The summed E-state index contributed by atoms with van der Waals surface area (Å²) < 4.78 is 11.6. The molecular weight excluding hydrogens is 616 g/mol. The molecule has 0 aromatic heterocycles. The van der Waals surface area contributed by atoms with Crippen LogP contribution < -0.4 is 0 Å². The fourth-order valence-electron chi connectivity index (χ4n) is 7.81. The maximum atomic E-state index is 13.1. The molecule has 49 heavy (non-hydrogen) atoms. The van der Waals surface area contributed by atoms with Gasteiger partial charge in [-0.05, 0) is 75.5 Å². The molecule has 268 valence electrons. The predicted octanol–water partition coefficient (Wildman–Crippen LogP) is 7.66. The van der Waals surface area contributed by atoms with Crippen molar-refractivity contribution in [1.82, 2.24) is 0 Å². The number of Topliss-reactive ketones (excluding diaryl/α,β-unsaturated/α-hetero) is 1. The van der Waals surface area contributed by atoms with Gasteiger partial charge in [-0.1, -0.05) is 99.6 Å². The molecule has 0 aromatic rings. The van der Waals surface area contributed by atoms with Gasteiger partial charge in [-0.25, -0.2) is 0 Å². The number of esters is 1. The molecular formula is C42H58O7. The Morgan fingerprint density at radius 1 is 0.857 bits per heavy atom. The first-order valence-electron chi connectivity index (χ1n) is 17.3. The predicted molar refractivity (Wildman–Crippen MR) is 196 cm³/mol. The van der Waals surface area contributed by atoms with E-state index in [-0.39, 0.29) is 29.9 Å². The van der Waals surface area contributed by atoms with Gasteiger partial charge in [0.2, 0.25) is 0 Å². The zero-order valence-corrected chi connectivity index (χ0v) is 31.2. The van der Waals surface area contributed by atoms with Gasteiger partial charge in [0.15, 0.2) is 5.78 Å². The van der Waals surface area contributed by atoms with Crippen molar-refractivity contribution in [3.05, 3.63) is 100 Å². The van der Waals surface area contributed by atoms with Crippen LogP contribution in [0.1, 0.15) is 101 Å². The molecule has 3 fully saturated rings. The van der Waals surface area contributed by atoms with Crippen LogP contribution in [0.2, 0.25) is 0 Å². The number of hydrogen-bond donors (Lipinski definition) is 3. The summed E-state index contributed by atoms with van der Waals surface area (Å²) in [4.78, 5) is 24.6. The van der Waals surface area contributed by atoms with Gasteiger partial charge in [-0.3, -0.25) is 9.59 Å². The van der Waals surface area contributed by atoms with Gasteiger partial charge in [0, 0.05) is 31.8 Å². The van der Waals surface area contributed by atoms with E-state index in [1.54, 1.807) is 13.0 Å². The molecule has 1 aliphatic heterocycles. The molecule has 3 rings (SSSR count). The second kappa shape index (κ2) is 15.7. The quantitative estimate of drug-likeness (QED) is 0.0640. The number of fused-ring (bicyclic) bond motifs is 1. The van der Waals surface area contributed by atoms with E-state index in [2.05, 4.69) is 19.6 Å². The normalized spacial score (nSPS) is 32.0. The SMILES string of the molecule is CC(=O)O[C@H]1CC(C)(C)C(=C=C/C(=C/C=C/C(C)=C/C=C/C=C(C)/C=C/C=C(\C)C(=O)C[C@@]23O[C@]2(C)C[C@@H](O)CC3(C)C)CO)[C@](C)(O)C1. The zero-order valence-electron chi connectivity index (χ0n) is 31.2. The third-order valence-electron chi connectivity index (χ3n) is 10.2. The standard InChI is InChI=1S/C42H58O7/c1-29(17-13-19-31(3)36(46)27-42-39(7,8)23-34(45)24-41(42,10)49-42)15-11-12-16-30(2)18-14-20-33(28-43)21-22-37-38(5,6)25-35(48-32(4)44)26-40(37,9)47/h11-21,34-35,43,45,47H,23-28H2,1-10H3/b12-11+,17-13+,18-14+,29-15+,30-16+,31-19+,33-20-/t22?,34-,35-,40+,41+,42-/m0/s1. The molecule has 0 amide bonds. The largest absolute Gasteiger partial charge is 0.462 e. The third kappa shape index (κ3) is 10.1. The van der Waals surface area contributed by atoms with E-state index < -0.39 is 28.3 Å². The molecule has 7 heteroatoms. The molecule has 7 nitrogen and oxygen atoms in total. The first kappa shape index (κ1) is 40.1. The Kier molecular flexibility index (Phi) is 12.9. The fourth-order valence-corrected chi connectivity index (χ4v) is 7.81. The van der Waals surface area contributed by atoms with Crippen LogP contribution in [0.15, 0.2) is 100 Å². The number of ketones is 1. The van der Waals surface area contributed by atoms with Gasteiger partial charge in [0.1, 0.15) is 11.7 Å². The number of aliphatic hydroxyl groups excluding tert-OH is 2. The van der Waals surface area contributed by atoms with Crippen molar-refractivity contribution in [1.29, 1.82) is 0 Å². The molecule has 0 bridgehead atoms. The number of epoxide rings is 1. The zero-order chi connectivity index (χ0) is 36.8. The Bertz CT molecular complexity index is 1530. The van der Waals surface area contributed by atoms with E-state index in [4.69, 9.17) is 9.47 Å². The summed E-state index contributed by atoms with van der Waals surface area (Å²) in [6, 6.07) is 0. The smallest absolute Gasteiger partial charge is 0.302 e. The molecule has 3 N–H and O–H groups in total. The molecule has 2 saturated carbocycles. The Labute approximate surface area is 293 Å². The van der Waals surface area contributed by atoms with Crippen LogP contribution in [-0.2, 0) is 19.1 Å². The van der Waals surface area contributed by atoms with Crippen molar-refractivity contribution < 1.29 is 34.4 Å². The van der Waals surface area contributed by atoms with Crippen molar-refractivity contribution in [3.63, 3.8) is 0 Å². The van der Waals surface area contributed by atoms with Crippen LogP contribution in [0.25, 0.3) is 0 Å². The topological polar surface area (TPSA) is 117 Å². The van der Waals surface area contributed by atoms with Crippen LogP contribution in [0.3, 0.4) is 0 Å². The summed E-state index contributed by atoms with van der Waals surface area (Å²) in [7, 11) is 0. The maximum Gasteiger partial charge on any atom is 0.302 e. The molecule has 1 heterocycles. The van der Waals surface area contributed by atoms with Crippen LogP contribution in [0, 0.1) is 10.8 Å². The Morgan fingerprint density at radius 3 is 1.98 bits per heavy atom. The van der Waals surface area contributed by atoms with Crippen molar-refractivity contribution >= 4 is 11.8 Å². The van der Waals surface area contributed by atoms with Crippen molar-refractivity contribution in [2.45, 2.75) is 130 Å². The summed E-state index contributed by atoms with van der Waals surface area (Å²) in [6.07, 6.45) is 22.6. The summed E-state index contributed by atoms with van der Waals surface area (Å²) >= 11 is 0. The van der Waals surface area contributed by atoms with Gasteiger partial charge in [0.25, 0.3) is 0 Å².